The summed E-state index contributed by atoms with van der Waals surface area (Å²) in [5.41, 5.74) is 5.73. The van der Waals surface area contributed by atoms with Crippen molar-refractivity contribution in [1.82, 2.24) is 15.3 Å². The lowest BCUT2D eigenvalue weighted by Crippen LogP contribution is -2.32. The molecule has 0 bridgehead atoms. The number of likely N-dealkylation sites (tertiary alicyclic amines) is 1. The van der Waals surface area contributed by atoms with Gasteiger partial charge in [-0.05, 0) is 37.2 Å². The van der Waals surface area contributed by atoms with E-state index in [0.717, 1.165) is 54.0 Å². The molecule has 146 valence electrons. The molecular weight excluding hydrogens is 358 g/mol. The summed E-state index contributed by atoms with van der Waals surface area (Å²) in [6.45, 7) is 6.38. The molecule has 3 atom stereocenters. The van der Waals surface area contributed by atoms with Crippen LogP contribution in [0.2, 0.25) is 0 Å². The fourth-order valence-electron chi connectivity index (χ4n) is 4.19. The van der Waals surface area contributed by atoms with Crippen molar-refractivity contribution >= 4 is 28.5 Å². The molecule has 1 amide bonds. The van der Waals surface area contributed by atoms with Crippen LogP contribution in [0.4, 0.5) is 0 Å². The van der Waals surface area contributed by atoms with Crippen LogP contribution in [0.15, 0.2) is 22.4 Å². The number of H-pyrrole nitrogens is 1. The zero-order valence-electron chi connectivity index (χ0n) is 16.2. The molecule has 2 N–H and O–H groups in total. The Bertz CT molecular complexity index is 749. The second-order valence-corrected chi connectivity index (χ2v) is 8.99. The maximum Gasteiger partial charge on any atom is 0.270 e. The van der Waals surface area contributed by atoms with Gasteiger partial charge >= 0.3 is 0 Å². The van der Waals surface area contributed by atoms with Crippen molar-refractivity contribution in [3.63, 3.8) is 0 Å². The van der Waals surface area contributed by atoms with Crippen LogP contribution in [-0.2, 0) is 0 Å². The molecule has 4 rings (SSSR count). The number of aromatic nitrogens is 1. The van der Waals surface area contributed by atoms with E-state index in [1.165, 1.54) is 19.3 Å². The highest BCUT2D eigenvalue weighted by molar-refractivity contribution is 8.14. The van der Waals surface area contributed by atoms with E-state index in [4.69, 9.17) is 4.99 Å². The molecule has 7 heteroatoms. The van der Waals surface area contributed by atoms with Gasteiger partial charge in [0, 0.05) is 30.6 Å². The maximum absolute atomic E-state index is 12.5. The smallest absolute Gasteiger partial charge is 0.270 e. The van der Waals surface area contributed by atoms with Gasteiger partial charge in [-0.25, -0.2) is 0 Å². The summed E-state index contributed by atoms with van der Waals surface area (Å²) in [5, 5.41) is 5.46. The van der Waals surface area contributed by atoms with Crippen LogP contribution in [0, 0.1) is 11.8 Å². The lowest BCUT2D eigenvalue weighted by molar-refractivity contribution is 0.0787. The molecule has 0 radical (unpaired) electrons. The van der Waals surface area contributed by atoms with Crippen LogP contribution >= 0.6 is 11.8 Å². The zero-order valence-corrected chi connectivity index (χ0v) is 17.0. The Balaban J connectivity index is 1.40. The number of carbonyl (C=O) groups is 1. The summed E-state index contributed by atoms with van der Waals surface area (Å²) < 4.78 is 0. The number of amides is 1. The third-order valence-electron chi connectivity index (χ3n) is 6.22. The van der Waals surface area contributed by atoms with E-state index in [2.05, 4.69) is 29.4 Å². The summed E-state index contributed by atoms with van der Waals surface area (Å²) in [4.78, 5) is 22.5. The van der Waals surface area contributed by atoms with Crippen molar-refractivity contribution in [2.24, 2.45) is 21.9 Å². The van der Waals surface area contributed by atoms with Crippen molar-refractivity contribution in [3.05, 3.63) is 23.5 Å². The average molecular weight is 388 g/mol. The lowest BCUT2D eigenvalue weighted by Gasteiger charge is -2.32. The molecule has 1 saturated heterocycles. The summed E-state index contributed by atoms with van der Waals surface area (Å²) in [7, 11) is 0. The van der Waals surface area contributed by atoms with Crippen molar-refractivity contribution in [3.8, 4) is 0 Å². The number of thioether (sulfide) groups is 1. The van der Waals surface area contributed by atoms with Crippen molar-refractivity contribution in [1.29, 1.82) is 0 Å². The molecule has 27 heavy (non-hydrogen) atoms. The number of hydrazone groups is 1. The van der Waals surface area contributed by atoms with Gasteiger partial charge in [0.2, 0.25) is 0 Å². The van der Waals surface area contributed by atoms with Gasteiger partial charge in [0.1, 0.15) is 5.69 Å². The third-order valence-corrected chi connectivity index (χ3v) is 7.11. The summed E-state index contributed by atoms with van der Waals surface area (Å²) in [6.07, 6.45) is 7.85. The lowest BCUT2D eigenvalue weighted by atomic mass is 9.78. The van der Waals surface area contributed by atoms with Crippen molar-refractivity contribution in [2.45, 2.75) is 52.0 Å². The van der Waals surface area contributed by atoms with Crippen LogP contribution < -0.4 is 5.43 Å². The Morgan fingerprint density at radius 3 is 2.81 bits per heavy atom. The van der Waals surface area contributed by atoms with Crippen LogP contribution in [0.1, 0.15) is 62.0 Å². The van der Waals surface area contributed by atoms with E-state index in [0.29, 0.717) is 17.7 Å². The monoisotopic (exact) mass is 387 g/mol. The van der Waals surface area contributed by atoms with Crippen LogP contribution in [0.5, 0.6) is 0 Å². The Kier molecular flexibility index (Phi) is 5.57. The van der Waals surface area contributed by atoms with Crippen LogP contribution in [0.3, 0.4) is 0 Å². The molecule has 0 aromatic carbocycles. The Morgan fingerprint density at radius 1 is 1.26 bits per heavy atom. The number of amidine groups is 1. The van der Waals surface area contributed by atoms with Gasteiger partial charge in [0.05, 0.1) is 11.8 Å². The second-order valence-electron chi connectivity index (χ2n) is 8.03. The number of hydrogen-bond acceptors (Lipinski definition) is 4. The number of nitrogens with zero attached hydrogens (tertiary/aromatic N) is 3. The van der Waals surface area contributed by atoms with Crippen LogP contribution in [-0.4, -0.2) is 51.6 Å². The molecule has 0 unspecified atom stereocenters. The van der Waals surface area contributed by atoms with Crippen molar-refractivity contribution < 1.29 is 4.79 Å². The number of rotatable bonds is 3. The second kappa shape index (κ2) is 8.09. The SMILES string of the molecule is C[C@@H]1[C@H](C)CCC[C@@H]1N=C1NN=C(c2c[nH]c(C(=O)N3CCCC3)c2)CS1. The van der Waals surface area contributed by atoms with Gasteiger partial charge in [-0.15, -0.1) is 0 Å². The molecule has 1 aromatic heterocycles. The van der Waals surface area contributed by atoms with E-state index in [1.807, 2.05) is 17.2 Å². The number of carbonyl (C=O) groups excluding carboxylic acids is 1. The first-order valence-electron chi connectivity index (χ1n) is 10.1. The molecule has 1 aromatic rings. The Morgan fingerprint density at radius 2 is 2.07 bits per heavy atom. The summed E-state index contributed by atoms with van der Waals surface area (Å²) in [5.74, 6) is 2.24. The quantitative estimate of drug-likeness (QED) is 0.834. The van der Waals surface area contributed by atoms with Gasteiger partial charge in [-0.1, -0.05) is 38.5 Å². The van der Waals surface area contributed by atoms with Crippen LogP contribution in [0.25, 0.3) is 0 Å². The standard InChI is InChI=1S/C20H29N5OS/c1-13-6-5-7-16(14(13)2)22-20-24-23-18(12-27-20)15-10-17(21-11-15)19(26)25-8-3-4-9-25/h10-11,13-14,16,21H,3-9,12H2,1-2H3,(H,22,24)/t13-,14-,16+/m1/s1. The highest BCUT2D eigenvalue weighted by atomic mass is 32.2. The van der Waals surface area contributed by atoms with E-state index in [1.54, 1.807) is 11.8 Å². The van der Waals surface area contributed by atoms with Gasteiger partial charge in [0.15, 0.2) is 5.17 Å². The Labute approximate surface area is 165 Å². The third kappa shape index (κ3) is 4.08. The maximum atomic E-state index is 12.5. The molecule has 2 fully saturated rings. The number of hydrogen-bond donors (Lipinski definition) is 2. The summed E-state index contributed by atoms with van der Waals surface area (Å²) >= 11 is 1.70. The topological polar surface area (TPSA) is 72.8 Å². The largest absolute Gasteiger partial charge is 0.357 e. The highest BCUT2D eigenvalue weighted by Crippen LogP contribution is 2.32. The normalized spacial score (nSPS) is 30.3. The van der Waals surface area contributed by atoms with Gasteiger partial charge in [-0.3, -0.25) is 15.2 Å². The average Bonchev–Trinajstić information content (AvgIpc) is 3.38. The number of aliphatic imine (C=N–C) groups is 1. The molecule has 1 saturated carbocycles. The predicted octanol–water partition coefficient (Wildman–Crippen LogP) is 3.47. The minimum absolute atomic E-state index is 0.0958. The highest BCUT2D eigenvalue weighted by Gasteiger charge is 2.28. The fraction of sp³-hybridized carbons (Fsp3) is 0.650. The molecule has 3 aliphatic rings. The predicted molar refractivity (Wildman–Crippen MR) is 111 cm³/mol. The number of aromatic amines is 1. The Hall–Kier alpha value is -1.76. The van der Waals surface area contributed by atoms with Gasteiger partial charge in [-0.2, -0.15) is 5.10 Å². The molecule has 2 aliphatic heterocycles. The van der Waals surface area contributed by atoms with E-state index in [-0.39, 0.29) is 5.91 Å². The first kappa shape index (κ1) is 18.6. The molecule has 6 nitrogen and oxygen atoms in total. The molecule has 1 aliphatic carbocycles. The zero-order chi connectivity index (χ0) is 18.8. The van der Waals surface area contributed by atoms with Crippen molar-refractivity contribution in [2.75, 3.05) is 18.8 Å². The minimum Gasteiger partial charge on any atom is -0.357 e. The molecule has 3 heterocycles. The van der Waals surface area contributed by atoms with E-state index in [9.17, 15) is 4.79 Å². The fourth-order valence-corrected chi connectivity index (χ4v) is 5.02. The van der Waals surface area contributed by atoms with Gasteiger partial charge < -0.3 is 9.88 Å². The first-order chi connectivity index (χ1) is 13.1. The van der Waals surface area contributed by atoms with E-state index < -0.39 is 0 Å². The molecular formula is C20H29N5OS. The number of nitrogens with one attached hydrogen (secondary N) is 2. The van der Waals surface area contributed by atoms with E-state index >= 15 is 0 Å². The summed E-state index contributed by atoms with van der Waals surface area (Å²) in [6, 6.07) is 2.33. The van der Waals surface area contributed by atoms with Gasteiger partial charge in [0.25, 0.3) is 5.91 Å². The first-order valence-corrected chi connectivity index (χ1v) is 11.1. The molecule has 0 spiro atoms. The minimum atomic E-state index is 0.0958.